The minimum atomic E-state index is 0.569. The van der Waals surface area contributed by atoms with E-state index >= 15 is 0 Å². The highest BCUT2D eigenvalue weighted by molar-refractivity contribution is 4.75. The predicted molar refractivity (Wildman–Crippen MR) is 47.6 cm³/mol. The smallest absolute Gasteiger partial charge is 0.0606 e. The molecule has 66 valence electrons. The third-order valence-electron chi connectivity index (χ3n) is 2.57. The van der Waals surface area contributed by atoms with Crippen LogP contribution in [0.2, 0.25) is 0 Å². The maximum absolute atomic E-state index is 5.67. The topological polar surface area (TPSA) is 9.23 Å². The Hall–Kier alpha value is -0.0400. The molecule has 0 aromatic carbocycles. The highest BCUT2D eigenvalue weighted by Gasteiger charge is 2.26. The normalized spacial score (nSPS) is 31.6. The molecule has 1 nitrogen and oxygen atoms in total. The molecule has 0 radical (unpaired) electrons. The first-order valence-electron chi connectivity index (χ1n) is 4.85. The fourth-order valence-electron chi connectivity index (χ4n) is 1.88. The van der Waals surface area contributed by atoms with Crippen LogP contribution < -0.4 is 0 Å². The first-order chi connectivity index (χ1) is 5.24. The molecule has 0 aliphatic carbocycles. The van der Waals surface area contributed by atoms with Gasteiger partial charge in [-0.3, -0.25) is 0 Å². The van der Waals surface area contributed by atoms with Gasteiger partial charge in [0.1, 0.15) is 0 Å². The summed E-state index contributed by atoms with van der Waals surface area (Å²) in [6, 6.07) is 0. The minimum absolute atomic E-state index is 0.569. The lowest BCUT2D eigenvalue weighted by Gasteiger charge is -2.18. The second-order valence-electron chi connectivity index (χ2n) is 4.00. The van der Waals surface area contributed by atoms with E-state index in [4.69, 9.17) is 4.74 Å². The molecule has 2 unspecified atom stereocenters. The molecule has 1 heterocycles. The fraction of sp³-hybridized carbons (Fsp3) is 1.00. The van der Waals surface area contributed by atoms with Crippen LogP contribution >= 0.6 is 0 Å². The van der Waals surface area contributed by atoms with E-state index < -0.39 is 0 Å². The van der Waals surface area contributed by atoms with Crippen molar-refractivity contribution in [1.29, 1.82) is 0 Å². The SMILES string of the molecule is CCC1CCOC1CC(C)C. The molecule has 1 heteroatoms. The molecule has 2 atom stereocenters. The van der Waals surface area contributed by atoms with Gasteiger partial charge in [-0.15, -0.1) is 0 Å². The van der Waals surface area contributed by atoms with Gasteiger partial charge in [-0.25, -0.2) is 0 Å². The summed E-state index contributed by atoms with van der Waals surface area (Å²) in [5, 5.41) is 0. The summed E-state index contributed by atoms with van der Waals surface area (Å²) in [4.78, 5) is 0. The van der Waals surface area contributed by atoms with E-state index in [2.05, 4.69) is 20.8 Å². The van der Waals surface area contributed by atoms with Crippen molar-refractivity contribution in [3.8, 4) is 0 Å². The van der Waals surface area contributed by atoms with E-state index in [9.17, 15) is 0 Å². The molecule has 1 fully saturated rings. The number of hydrogen-bond acceptors (Lipinski definition) is 1. The molecule has 0 aromatic heterocycles. The van der Waals surface area contributed by atoms with Crippen molar-refractivity contribution in [3.05, 3.63) is 0 Å². The zero-order valence-corrected chi connectivity index (χ0v) is 7.97. The Morgan fingerprint density at radius 2 is 2.18 bits per heavy atom. The van der Waals surface area contributed by atoms with Crippen LogP contribution in [-0.2, 0) is 4.74 Å². The van der Waals surface area contributed by atoms with Gasteiger partial charge in [-0.1, -0.05) is 27.2 Å². The molecule has 1 rings (SSSR count). The molecule has 1 saturated heterocycles. The molecule has 0 bridgehead atoms. The van der Waals surface area contributed by atoms with Gasteiger partial charge >= 0.3 is 0 Å². The Morgan fingerprint density at radius 3 is 2.73 bits per heavy atom. The predicted octanol–water partition coefficient (Wildman–Crippen LogP) is 2.85. The molecular weight excluding hydrogens is 136 g/mol. The van der Waals surface area contributed by atoms with Gasteiger partial charge in [0.25, 0.3) is 0 Å². The van der Waals surface area contributed by atoms with E-state index in [0.29, 0.717) is 6.10 Å². The van der Waals surface area contributed by atoms with E-state index in [1.54, 1.807) is 0 Å². The van der Waals surface area contributed by atoms with E-state index in [1.165, 1.54) is 19.3 Å². The Balaban J connectivity index is 2.31. The van der Waals surface area contributed by atoms with Crippen molar-refractivity contribution in [2.45, 2.75) is 46.1 Å². The lowest BCUT2D eigenvalue weighted by molar-refractivity contribution is 0.0723. The number of rotatable bonds is 3. The van der Waals surface area contributed by atoms with Gasteiger partial charge in [-0.05, 0) is 24.7 Å². The molecule has 0 aromatic rings. The third kappa shape index (κ3) is 2.48. The van der Waals surface area contributed by atoms with Gasteiger partial charge in [0.15, 0.2) is 0 Å². The van der Waals surface area contributed by atoms with Crippen LogP contribution in [-0.4, -0.2) is 12.7 Å². The Morgan fingerprint density at radius 1 is 1.45 bits per heavy atom. The van der Waals surface area contributed by atoms with Crippen molar-refractivity contribution < 1.29 is 4.74 Å². The minimum Gasteiger partial charge on any atom is -0.378 e. The standard InChI is InChI=1S/C10H20O/c1-4-9-5-6-11-10(9)7-8(2)3/h8-10H,4-7H2,1-3H3. The maximum atomic E-state index is 5.67. The molecule has 1 aliphatic rings. The first-order valence-corrected chi connectivity index (χ1v) is 4.85. The molecular formula is C10H20O. The summed E-state index contributed by atoms with van der Waals surface area (Å²) < 4.78 is 5.67. The monoisotopic (exact) mass is 156 g/mol. The molecule has 1 aliphatic heterocycles. The highest BCUT2D eigenvalue weighted by atomic mass is 16.5. The second-order valence-corrected chi connectivity index (χ2v) is 4.00. The summed E-state index contributed by atoms with van der Waals surface area (Å²) in [5.41, 5.74) is 0. The van der Waals surface area contributed by atoms with E-state index in [0.717, 1.165) is 18.4 Å². The van der Waals surface area contributed by atoms with Crippen molar-refractivity contribution in [1.82, 2.24) is 0 Å². The van der Waals surface area contributed by atoms with Crippen molar-refractivity contribution in [2.75, 3.05) is 6.61 Å². The first kappa shape index (κ1) is 9.05. The lowest BCUT2D eigenvalue weighted by Crippen LogP contribution is -2.17. The van der Waals surface area contributed by atoms with Crippen LogP contribution in [0.25, 0.3) is 0 Å². The van der Waals surface area contributed by atoms with Crippen molar-refractivity contribution >= 4 is 0 Å². The van der Waals surface area contributed by atoms with Crippen molar-refractivity contribution in [3.63, 3.8) is 0 Å². The summed E-state index contributed by atoms with van der Waals surface area (Å²) in [7, 11) is 0. The van der Waals surface area contributed by atoms with E-state index in [1.807, 2.05) is 0 Å². The van der Waals surface area contributed by atoms with Crippen LogP contribution in [0.5, 0.6) is 0 Å². The molecule has 0 N–H and O–H groups in total. The van der Waals surface area contributed by atoms with Gasteiger partial charge in [0.05, 0.1) is 6.10 Å². The van der Waals surface area contributed by atoms with Crippen LogP contribution in [0.4, 0.5) is 0 Å². The van der Waals surface area contributed by atoms with Crippen LogP contribution in [0.3, 0.4) is 0 Å². The second kappa shape index (κ2) is 4.10. The van der Waals surface area contributed by atoms with E-state index in [-0.39, 0.29) is 0 Å². The molecule has 0 saturated carbocycles. The molecule has 0 amide bonds. The van der Waals surface area contributed by atoms with Crippen LogP contribution in [0.1, 0.15) is 40.0 Å². The summed E-state index contributed by atoms with van der Waals surface area (Å²) >= 11 is 0. The number of hydrogen-bond donors (Lipinski definition) is 0. The fourth-order valence-corrected chi connectivity index (χ4v) is 1.88. The summed E-state index contributed by atoms with van der Waals surface area (Å²) in [6.45, 7) is 7.81. The Kier molecular flexibility index (Phi) is 3.38. The summed E-state index contributed by atoms with van der Waals surface area (Å²) in [6.07, 6.45) is 4.39. The van der Waals surface area contributed by atoms with Crippen molar-refractivity contribution in [2.24, 2.45) is 11.8 Å². The highest BCUT2D eigenvalue weighted by Crippen LogP contribution is 2.28. The quantitative estimate of drug-likeness (QED) is 0.610. The third-order valence-corrected chi connectivity index (χ3v) is 2.57. The summed E-state index contributed by atoms with van der Waals surface area (Å²) in [5.74, 6) is 1.63. The lowest BCUT2D eigenvalue weighted by atomic mass is 9.92. The zero-order valence-electron chi connectivity index (χ0n) is 7.97. The van der Waals surface area contributed by atoms with Gasteiger partial charge in [-0.2, -0.15) is 0 Å². The molecule has 11 heavy (non-hydrogen) atoms. The largest absolute Gasteiger partial charge is 0.378 e. The maximum Gasteiger partial charge on any atom is 0.0606 e. The average Bonchev–Trinajstić information content (AvgIpc) is 2.34. The van der Waals surface area contributed by atoms with Gasteiger partial charge in [0, 0.05) is 6.61 Å². The van der Waals surface area contributed by atoms with Crippen LogP contribution in [0.15, 0.2) is 0 Å². The van der Waals surface area contributed by atoms with Gasteiger partial charge in [0.2, 0.25) is 0 Å². The zero-order chi connectivity index (χ0) is 8.27. The van der Waals surface area contributed by atoms with Crippen LogP contribution in [0, 0.1) is 11.8 Å². The number of ether oxygens (including phenoxy) is 1. The average molecular weight is 156 g/mol. The Labute approximate surface area is 70.1 Å². The Bertz CT molecular complexity index is 109. The van der Waals surface area contributed by atoms with Gasteiger partial charge < -0.3 is 4.74 Å². The molecule has 0 spiro atoms.